The highest BCUT2D eigenvalue weighted by atomic mass is 31.2. The Morgan fingerprint density at radius 1 is 1.11 bits per heavy atom. The lowest BCUT2D eigenvalue weighted by Gasteiger charge is -1.82. The first-order valence-electron chi connectivity index (χ1n) is 2.51. The predicted octanol–water partition coefficient (Wildman–Crippen LogP) is 0.442. The lowest BCUT2D eigenvalue weighted by Crippen LogP contribution is -1.84. The molecule has 0 unspecified atom stereocenters. The van der Waals surface area contributed by atoms with Crippen LogP contribution in [-0.4, -0.2) is 28.8 Å². The van der Waals surface area contributed by atoms with Gasteiger partial charge in [-0.15, -0.1) is 17.4 Å². The molecule has 4 nitrogen and oxygen atoms in total. The zero-order chi connectivity index (χ0) is 8.08. The lowest BCUT2D eigenvalue weighted by atomic mass is 11.8. The van der Waals surface area contributed by atoms with Crippen LogP contribution in [0.15, 0.2) is 0 Å². The van der Waals surface area contributed by atoms with E-state index in [0.29, 0.717) is 0 Å². The molecular formula is C3H12AlO4P. The summed E-state index contributed by atoms with van der Waals surface area (Å²) in [6, 6.07) is 0. The summed E-state index contributed by atoms with van der Waals surface area (Å²) in [5, 5.41) is 0. The number of hydrogen-bond acceptors (Lipinski definition) is 1. The number of phosphoric acid groups is 1. The first-order valence-corrected chi connectivity index (χ1v) is 7.54. The smallest absolute Gasteiger partial charge is 0.303 e. The SMILES string of the molecule is O=P(O)(O)O.[CH3][Al]([CH3])[CH3]. The topological polar surface area (TPSA) is 77.8 Å². The molecule has 0 aliphatic carbocycles. The van der Waals surface area contributed by atoms with E-state index in [-0.39, 0.29) is 14.1 Å². The van der Waals surface area contributed by atoms with Gasteiger partial charge in [0.15, 0.2) is 0 Å². The van der Waals surface area contributed by atoms with Gasteiger partial charge in [-0.25, -0.2) is 4.57 Å². The molecule has 56 valence electrons. The van der Waals surface area contributed by atoms with Crippen molar-refractivity contribution in [2.75, 3.05) is 0 Å². The maximum Gasteiger partial charge on any atom is 0.466 e. The molecule has 0 aliphatic rings. The van der Waals surface area contributed by atoms with Gasteiger partial charge < -0.3 is 14.7 Å². The van der Waals surface area contributed by atoms with Crippen molar-refractivity contribution in [2.24, 2.45) is 0 Å². The maximum absolute atomic E-state index is 8.88. The molecule has 0 saturated carbocycles. The Morgan fingerprint density at radius 2 is 1.11 bits per heavy atom. The van der Waals surface area contributed by atoms with Crippen LogP contribution >= 0.6 is 7.82 Å². The zero-order valence-electron chi connectivity index (χ0n) is 5.77. The van der Waals surface area contributed by atoms with Gasteiger partial charge in [-0.1, -0.05) is 0 Å². The van der Waals surface area contributed by atoms with Gasteiger partial charge in [-0.05, 0) is 0 Å². The van der Waals surface area contributed by atoms with Crippen LogP contribution in [0.5, 0.6) is 0 Å². The van der Waals surface area contributed by atoms with Crippen molar-refractivity contribution in [1.82, 2.24) is 0 Å². The minimum atomic E-state index is -4.64. The second-order valence-electron chi connectivity index (χ2n) is 2.25. The van der Waals surface area contributed by atoms with Crippen LogP contribution in [-0.2, 0) is 4.57 Å². The van der Waals surface area contributed by atoms with E-state index in [1.807, 2.05) is 0 Å². The fraction of sp³-hybridized carbons (Fsp3) is 1.00. The molecule has 0 rings (SSSR count). The summed E-state index contributed by atoms with van der Waals surface area (Å²) < 4.78 is 8.88. The highest BCUT2D eigenvalue weighted by molar-refractivity contribution is 7.45. The molecule has 0 heterocycles. The van der Waals surface area contributed by atoms with Crippen molar-refractivity contribution in [2.45, 2.75) is 17.4 Å². The molecular weight excluding hydrogens is 158 g/mol. The van der Waals surface area contributed by atoms with Crippen LogP contribution in [0.25, 0.3) is 0 Å². The van der Waals surface area contributed by atoms with Crippen molar-refractivity contribution in [1.29, 1.82) is 0 Å². The molecule has 0 atom stereocenters. The summed E-state index contributed by atoms with van der Waals surface area (Å²) in [7, 11) is -4.64. The van der Waals surface area contributed by atoms with Crippen molar-refractivity contribution in [3.05, 3.63) is 0 Å². The van der Waals surface area contributed by atoms with Gasteiger partial charge in [0.1, 0.15) is 0 Å². The van der Waals surface area contributed by atoms with Gasteiger partial charge in [0.2, 0.25) is 0 Å². The Morgan fingerprint density at radius 3 is 1.11 bits per heavy atom. The molecule has 0 radical (unpaired) electrons. The highest BCUT2D eigenvalue weighted by Gasteiger charge is 2.00. The van der Waals surface area contributed by atoms with E-state index in [1.165, 1.54) is 0 Å². The average molecular weight is 170 g/mol. The van der Waals surface area contributed by atoms with Gasteiger partial charge in [0.05, 0.1) is 0 Å². The molecule has 6 heteroatoms. The summed E-state index contributed by atoms with van der Waals surface area (Å²) in [4.78, 5) is 21.6. The van der Waals surface area contributed by atoms with Crippen LogP contribution in [0.2, 0.25) is 17.4 Å². The third kappa shape index (κ3) is 924. The predicted molar refractivity (Wildman–Crippen MR) is 37.6 cm³/mol. The molecule has 3 N–H and O–H groups in total. The van der Waals surface area contributed by atoms with Gasteiger partial charge >= 0.3 is 7.82 Å². The van der Waals surface area contributed by atoms with E-state index in [0.717, 1.165) is 0 Å². The van der Waals surface area contributed by atoms with E-state index in [1.54, 1.807) is 0 Å². The zero-order valence-corrected chi connectivity index (χ0v) is 7.82. The Kier molecular flexibility index (Phi) is 7.44. The summed E-state index contributed by atoms with van der Waals surface area (Å²) >= 11 is -0.139. The Bertz CT molecular complexity index is 87.0. The van der Waals surface area contributed by atoms with Gasteiger partial charge in [0, 0.05) is 0 Å². The third-order valence-corrected chi connectivity index (χ3v) is 0. The minimum absolute atomic E-state index is 0.139. The summed E-state index contributed by atoms with van der Waals surface area (Å²) in [5.74, 6) is 6.92. The molecule has 0 aromatic rings. The largest absolute Gasteiger partial charge is 0.466 e. The van der Waals surface area contributed by atoms with Crippen LogP contribution in [0.1, 0.15) is 0 Å². The van der Waals surface area contributed by atoms with E-state index in [4.69, 9.17) is 19.2 Å². The van der Waals surface area contributed by atoms with Crippen LogP contribution in [0, 0.1) is 0 Å². The third-order valence-electron chi connectivity index (χ3n) is 0. The molecule has 0 saturated heterocycles. The highest BCUT2D eigenvalue weighted by Crippen LogP contribution is 2.25. The molecule has 0 aromatic heterocycles. The summed E-state index contributed by atoms with van der Waals surface area (Å²) in [6.45, 7) is 0. The van der Waals surface area contributed by atoms with E-state index in [9.17, 15) is 0 Å². The number of hydrogen-bond donors (Lipinski definition) is 3. The summed E-state index contributed by atoms with van der Waals surface area (Å²) in [6.07, 6.45) is 0. The van der Waals surface area contributed by atoms with Crippen LogP contribution < -0.4 is 0 Å². The number of rotatable bonds is 0. The van der Waals surface area contributed by atoms with E-state index in [2.05, 4.69) is 17.4 Å². The molecule has 0 spiro atoms. The molecule has 0 amide bonds. The summed E-state index contributed by atoms with van der Waals surface area (Å²) in [5.41, 5.74) is 0. The molecule has 0 fully saturated rings. The fourth-order valence-electron chi connectivity index (χ4n) is 0. The Balaban J connectivity index is 0. The average Bonchev–Trinajstić information content (AvgIpc) is 1.19. The van der Waals surface area contributed by atoms with Crippen molar-refractivity contribution < 1.29 is 19.2 Å². The monoisotopic (exact) mass is 170 g/mol. The normalized spacial score (nSPS) is 9.56. The lowest BCUT2D eigenvalue weighted by molar-refractivity contribution is 0.275. The first kappa shape index (κ1) is 12.3. The fourth-order valence-corrected chi connectivity index (χ4v) is 0. The Labute approximate surface area is 59.2 Å². The Hall–Kier alpha value is 0.642. The van der Waals surface area contributed by atoms with E-state index < -0.39 is 7.82 Å². The van der Waals surface area contributed by atoms with Gasteiger partial charge in [0.25, 0.3) is 14.1 Å². The molecule has 9 heavy (non-hydrogen) atoms. The van der Waals surface area contributed by atoms with Crippen molar-refractivity contribution in [3.63, 3.8) is 0 Å². The second-order valence-corrected chi connectivity index (χ2v) is 6.74. The standard InChI is InChI=1S/3CH3.Al.H3O4P/c;;;;1-5(2,3)4/h3*1H3;;(H3,1,2,3,4). The van der Waals surface area contributed by atoms with Crippen molar-refractivity contribution >= 4 is 22.0 Å². The maximum atomic E-state index is 8.88. The van der Waals surface area contributed by atoms with Gasteiger partial charge in [-0.3, -0.25) is 0 Å². The molecule has 0 aliphatic heterocycles. The molecule has 0 bridgehead atoms. The van der Waals surface area contributed by atoms with Crippen LogP contribution in [0.4, 0.5) is 0 Å². The van der Waals surface area contributed by atoms with Crippen molar-refractivity contribution in [3.8, 4) is 0 Å². The minimum Gasteiger partial charge on any atom is -0.303 e. The van der Waals surface area contributed by atoms with E-state index >= 15 is 0 Å². The van der Waals surface area contributed by atoms with Crippen LogP contribution in [0.3, 0.4) is 0 Å². The molecule has 0 aromatic carbocycles. The quantitative estimate of drug-likeness (QED) is 0.364. The first-order chi connectivity index (χ1) is 3.73. The van der Waals surface area contributed by atoms with Gasteiger partial charge in [-0.2, -0.15) is 0 Å². The second kappa shape index (κ2) is 5.43.